The molecule has 0 radical (unpaired) electrons. The van der Waals surface area contributed by atoms with Gasteiger partial charge in [-0.25, -0.2) is 0 Å². The summed E-state index contributed by atoms with van der Waals surface area (Å²) in [6.45, 7) is 4.60. The zero-order valence-corrected chi connectivity index (χ0v) is 26.1. The highest BCUT2D eigenvalue weighted by Crippen LogP contribution is 2.54. The molecule has 2 aliphatic carbocycles. The number of rotatable bonds is 14. The van der Waals surface area contributed by atoms with E-state index in [9.17, 15) is 0 Å². The summed E-state index contributed by atoms with van der Waals surface area (Å²) in [4.78, 5) is 2.93. The van der Waals surface area contributed by atoms with Gasteiger partial charge in [-0.2, -0.15) is 0 Å². The first kappa shape index (κ1) is 27.7. The molecule has 0 N–H and O–H groups in total. The van der Waals surface area contributed by atoms with E-state index >= 15 is 0 Å². The maximum absolute atomic E-state index is 2.57. The lowest BCUT2D eigenvalue weighted by Gasteiger charge is -2.13. The second-order valence-corrected chi connectivity index (χ2v) is 13.6. The second-order valence-electron chi connectivity index (χ2n) is 11.7. The first-order valence-corrected chi connectivity index (χ1v) is 17.8. The van der Waals surface area contributed by atoms with Crippen molar-refractivity contribution in [3.8, 4) is 20.9 Å². The van der Waals surface area contributed by atoms with Gasteiger partial charge in [0.1, 0.15) is 0 Å². The zero-order chi connectivity index (χ0) is 27.3. The molecule has 2 aliphatic rings. The molecule has 0 atom stereocenters. The predicted octanol–water partition coefficient (Wildman–Crippen LogP) is 13.3. The van der Waals surface area contributed by atoms with Gasteiger partial charge >= 0.3 is 0 Å². The van der Waals surface area contributed by atoms with Crippen LogP contribution < -0.4 is 0 Å². The van der Waals surface area contributed by atoms with Crippen LogP contribution >= 0.6 is 22.7 Å². The van der Waals surface area contributed by atoms with Gasteiger partial charge in [0.05, 0.1) is 0 Å². The van der Waals surface area contributed by atoms with Crippen molar-refractivity contribution in [1.29, 1.82) is 0 Å². The van der Waals surface area contributed by atoms with Gasteiger partial charge in [-0.05, 0) is 81.6 Å². The van der Waals surface area contributed by atoms with Crippen LogP contribution in [0.4, 0.5) is 0 Å². The quantitative estimate of drug-likeness (QED) is 0.115. The highest BCUT2D eigenvalue weighted by molar-refractivity contribution is 7.14. The molecule has 208 valence electrons. The Morgan fingerprint density at radius 3 is 1.35 bits per heavy atom. The van der Waals surface area contributed by atoms with Gasteiger partial charge in [0.25, 0.3) is 0 Å². The number of allylic oxidation sites excluding steroid dienone is 2. The summed E-state index contributed by atoms with van der Waals surface area (Å²) < 4.78 is 0. The molecule has 0 spiro atoms. The lowest BCUT2D eigenvalue weighted by molar-refractivity contribution is 0.611. The number of hydrogen-bond acceptors (Lipinski definition) is 2. The third-order valence-electron chi connectivity index (χ3n) is 8.95. The normalized spacial score (nSPS) is 15.2. The third kappa shape index (κ3) is 5.30. The minimum atomic E-state index is 1.18. The average molecular weight is 565 g/mol. The van der Waals surface area contributed by atoms with Crippen molar-refractivity contribution < 1.29 is 0 Å². The number of unbranched alkanes of at least 4 members (excludes halogenated alkanes) is 12. The fourth-order valence-electron chi connectivity index (χ4n) is 6.86. The number of thiophene rings is 2. The largest absolute Gasteiger partial charge is 0.143 e. The van der Waals surface area contributed by atoms with Crippen molar-refractivity contribution >= 4 is 44.6 Å². The Hall–Kier alpha value is -2.42. The maximum Gasteiger partial charge on any atom is 0.0427 e. The van der Waals surface area contributed by atoms with Crippen LogP contribution in [0, 0.1) is 0 Å². The van der Waals surface area contributed by atoms with Gasteiger partial charge in [0.2, 0.25) is 0 Å². The molecule has 0 bridgehead atoms. The zero-order valence-electron chi connectivity index (χ0n) is 24.5. The molecule has 6 rings (SSSR count). The van der Waals surface area contributed by atoms with E-state index in [2.05, 4.69) is 73.2 Å². The minimum Gasteiger partial charge on any atom is -0.143 e. The van der Waals surface area contributed by atoms with Crippen molar-refractivity contribution in [2.45, 2.75) is 104 Å². The molecule has 40 heavy (non-hydrogen) atoms. The molecular formula is C38H44S2. The van der Waals surface area contributed by atoms with Crippen molar-refractivity contribution in [3.05, 3.63) is 81.6 Å². The Bertz CT molecular complexity index is 1410. The molecule has 0 nitrogen and oxygen atoms in total. The minimum absolute atomic E-state index is 1.18. The molecule has 2 heteroatoms. The Morgan fingerprint density at radius 2 is 0.900 bits per heavy atom. The van der Waals surface area contributed by atoms with E-state index in [1.807, 2.05) is 22.7 Å². The van der Waals surface area contributed by atoms with Crippen molar-refractivity contribution in [3.63, 3.8) is 0 Å². The molecule has 0 fully saturated rings. The summed E-state index contributed by atoms with van der Waals surface area (Å²) in [5.41, 5.74) is 11.7. The Morgan fingerprint density at radius 1 is 0.475 bits per heavy atom. The highest BCUT2D eigenvalue weighted by Gasteiger charge is 2.31. The molecule has 2 heterocycles. The fourth-order valence-corrected chi connectivity index (χ4v) is 8.74. The van der Waals surface area contributed by atoms with Gasteiger partial charge in [0.15, 0.2) is 0 Å². The summed E-state index contributed by atoms with van der Waals surface area (Å²) in [5.74, 6) is 0. The summed E-state index contributed by atoms with van der Waals surface area (Å²) in [7, 11) is 0. The Kier molecular flexibility index (Phi) is 9.05. The highest BCUT2D eigenvalue weighted by atomic mass is 32.1. The van der Waals surface area contributed by atoms with Crippen molar-refractivity contribution in [1.82, 2.24) is 0 Å². The average Bonchev–Trinajstić information content (AvgIpc) is 3.75. The molecular weight excluding hydrogens is 521 g/mol. The lowest BCUT2D eigenvalue weighted by Crippen LogP contribution is -1.90. The number of fused-ring (bicyclic) bond motifs is 9. The predicted molar refractivity (Wildman–Crippen MR) is 181 cm³/mol. The van der Waals surface area contributed by atoms with Crippen LogP contribution in [0.2, 0.25) is 0 Å². The number of benzene rings is 2. The van der Waals surface area contributed by atoms with E-state index in [1.54, 1.807) is 0 Å². The molecule has 0 saturated heterocycles. The monoisotopic (exact) mass is 564 g/mol. The van der Waals surface area contributed by atoms with E-state index in [4.69, 9.17) is 0 Å². The molecule has 0 unspecified atom stereocenters. The molecule has 0 aliphatic heterocycles. The number of hydrogen-bond donors (Lipinski definition) is 0. The lowest BCUT2D eigenvalue weighted by atomic mass is 9.90. The Balaban J connectivity index is 1.32. The van der Waals surface area contributed by atoms with Crippen LogP contribution in [0.25, 0.3) is 42.8 Å². The van der Waals surface area contributed by atoms with E-state index in [-0.39, 0.29) is 0 Å². The van der Waals surface area contributed by atoms with Crippen LogP contribution in [0.1, 0.15) is 126 Å². The SMILES string of the molecule is CCCCCCCC/C=C1\c2ccsc2-c2ccc3c4c(ccc3c21)-c1sccc1/C4=C\CCCCCCCC. The van der Waals surface area contributed by atoms with E-state index < -0.39 is 0 Å². The molecule has 0 saturated carbocycles. The third-order valence-corrected chi connectivity index (χ3v) is 10.8. The Labute approximate surface area is 249 Å². The first-order valence-electron chi connectivity index (χ1n) is 16.0. The van der Waals surface area contributed by atoms with Crippen LogP contribution in [-0.2, 0) is 0 Å². The summed E-state index contributed by atoms with van der Waals surface area (Å²) in [5, 5.41) is 7.43. The molecule has 4 aromatic rings. The van der Waals surface area contributed by atoms with Crippen LogP contribution in [0.3, 0.4) is 0 Å². The van der Waals surface area contributed by atoms with E-state index in [0.717, 1.165) is 0 Å². The smallest absolute Gasteiger partial charge is 0.0427 e. The van der Waals surface area contributed by atoms with Crippen LogP contribution in [0.15, 0.2) is 59.3 Å². The molecule has 0 amide bonds. The van der Waals surface area contributed by atoms with Gasteiger partial charge < -0.3 is 0 Å². The van der Waals surface area contributed by atoms with Gasteiger partial charge in [-0.15, -0.1) is 22.7 Å². The first-order chi connectivity index (χ1) is 19.8. The summed E-state index contributed by atoms with van der Waals surface area (Å²) in [6, 6.07) is 14.4. The summed E-state index contributed by atoms with van der Waals surface area (Å²) >= 11 is 3.81. The van der Waals surface area contributed by atoms with Gasteiger partial charge in [-0.3, -0.25) is 0 Å². The standard InChI is InChI=1S/C38H44S2/c1-3-5-7-9-11-13-15-17-27-31-23-25-39-37(31)33-21-20-30-29(35(27)33)19-22-34-36(30)28(32-24-26-40-38(32)34)18-16-14-12-10-8-6-4-2/h17-26H,3-16H2,1-2H3/b27-17+,28-18+. The van der Waals surface area contributed by atoms with Gasteiger partial charge in [-0.1, -0.05) is 114 Å². The van der Waals surface area contributed by atoms with Crippen LogP contribution in [-0.4, -0.2) is 0 Å². The fraction of sp³-hybridized carbons (Fsp3) is 0.421. The molecule has 2 aromatic carbocycles. The second kappa shape index (κ2) is 13.0. The molecule has 2 aromatic heterocycles. The van der Waals surface area contributed by atoms with E-state index in [0.29, 0.717) is 0 Å². The van der Waals surface area contributed by atoms with Gasteiger partial charge in [0, 0.05) is 32.0 Å². The topological polar surface area (TPSA) is 0 Å². The van der Waals surface area contributed by atoms with Crippen LogP contribution in [0.5, 0.6) is 0 Å². The van der Waals surface area contributed by atoms with Crippen molar-refractivity contribution in [2.75, 3.05) is 0 Å². The van der Waals surface area contributed by atoms with Crippen molar-refractivity contribution in [2.24, 2.45) is 0 Å². The summed E-state index contributed by atoms with van der Waals surface area (Å²) in [6.07, 6.45) is 23.7. The maximum atomic E-state index is 2.57. The van der Waals surface area contributed by atoms with E-state index in [1.165, 1.54) is 155 Å².